The van der Waals surface area contributed by atoms with Crippen LogP contribution in [0.4, 0.5) is 0 Å². The fraction of sp³-hybridized carbons (Fsp3) is 0.294. The molecule has 0 saturated heterocycles. The van der Waals surface area contributed by atoms with Crippen LogP contribution in [0.1, 0.15) is 29.7 Å². The monoisotopic (exact) mass is 288 g/mol. The topological polar surface area (TPSA) is 29.5 Å². The summed E-state index contributed by atoms with van der Waals surface area (Å²) in [6.45, 7) is 4.56. The first-order valence-corrected chi connectivity index (χ1v) is 7.93. The van der Waals surface area contributed by atoms with E-state index in [1.54, 1.807) is 11.8 Å². The Morgan fingerprint density at radius 2 is 1.85 bits per heavy atom. The molecule has 1 N–H and O–H groups in total. The van der Waals surface area contributed by atoms with Crippen LogP contribution >= 0.6 is 11.8 Å². The van der Waals surface area contributed by atoms with Gasteiger partial charge in [-0.05, 0) is 49.9 Å². The zero-order valence-electron chi connectivity index (χ0n) is 12.1. The van der Waals surface area contributed by atoms with Crippen molar-refractivity contribution in [1.29, 1.82) is 0 Å². The zero-order chi connectivity index (χ0) is 14.5. The Bertz CT molecular complexity index is 564. The molecule has 1 unspecified atom stereocenters. The number of aryl methyl sites for hydroxylation is 1. The summed E-state index contributed by atoms with van der Waals surface area (Å²) >= 11 is 1.69. The SMILES string of the molecule is CCOc1ccc(C)cc1C(O)c1ccc(SC)cc1. The number of benzene rings is 2. The van der Waals surface area contributed by atoms with Crippen LogP contribution in [0, 0.1) is 6.92 Å². The second-order valence-corrected chi connectivity index (χ2v) is 5.53. The number of aliphatic hydroxyl groups is 1. The lowest BCUT2D eigenvalue weighted by atomic mass is 9.99. The number of aliphatic hydroxyl groups excluding tert-OH is 1. The Kier molecular flexibility index (Phi) is 5.10. The minimum Gasteiger partial charge on any atom is -0.493 e. The molecular weight excluding hydrogens is 268 g/mol. The van der Waals surface area contributed by atoms with Gasteiger partial charge in [0.15, 0.2) is 0 Å². The van der Waals surface area contributed by atoms with Crippen molar-refractivity contribution >= 4 is 11.8 Å². The number of hydrogen-bond donors (Lipinski definition) is 1. The molecule has 0 aromatic heterocycles. The third-order valence-corrected chi connectivity index (χ3v) is 3.93. The van der Waals surface area contributed by atoms with Gasteiger partial charge in [-0.25, -0.2) is 0 Å². The highest BCUT2D eigenvalue weighted by atomic mass is 32.2. The predicted molar refractivity (Wildman–Crippen MR) is 84.6 cm³/mol. The molecule has 0 saturated carbocycles. The Labute approximate surface area is 124 Å². The Hall–Kier alpha value is -1.45. The molecule has 0 aliphatic carbocycles. The number of rotatable bonds is 5. The van der Waals surface area contributed by atoms with Crippen LogP contribution < -0.4 is 4.74 Å². The second kappa shape index (κ2) is 6.82. The molecule has 0 bridgehead atoms. The lowest BCUT2D eigenvalue weighted by molar-refractivity contribution is 0.212. The van der Waals surface area contributed by atoms with E-state index >= 15 is 0 Å². The van der Waals surface area contributed by atoms with Gasteiger partial charge in [0.05, 0.1) is 6.61 Å². The molecule has 0 aliphatic rings. The Morgan fingerprint density at radius 1 is 1.15 bits per heavy atom. The normalized spacial score (nSPS) is 12.2. The summed E-state index contributed by atoms with van der Waals surface area (Å²) in [5.74, 6) is 0.750. The Morgan fingerprint density at radius 3 is 2.45 bits per heavy atom. The van der Waals surface area contributed by atoms with Gasteiger partial charge in [0.2, 0.25) is 0 Å². The van der Waals surface area contributed by atoms with Crippen molar-refractivity contribution in [2.24, 2.45) is 0 Å². The van der Waals surface area contributed by atoms with E-state index in [1.165, 1.54) is 4.90 Å². The molecule has 20 heavy (non-hydrogen) atoms. The van der Waals surface area contributed by atoms with Crippen LogP contribution in [0.2, 0.25) is 0 Å². The molecule has 0 radical (unpaired) electrons. The lowest BCUT2D eigenvalue weighted by Gasteiger charge is -2.17. The zero-order valence-corrected chi connectivity index (χ0v) is 12.9. The van der Waals surface area contributed by atoms with Gasteiger partial charge >= 0.3 is 0 Å². The third-order valence-electron chi connectivity index (χ3n) is 3.19. The summed E-state index contributed by atoms with van der Waals surface area (Å²) < 4.78 is 5.62. The van der Waals surface area contributed by atoms with Gasteiger partial charge in [-0.2, -0.15) is 0 Å². The van der Waals surface area contributed by atoms with Gasteiger partial charge in [-0.15, -0.1) is 11.8 Å². The van der Waals surface area contributed by atoms with Crippen LogP contribution in [-0.4, -0.2) is 18.0 Å². The standard InChI is InChI=1S/C17H20O2S/c1-4-19-16-10-5-12(2)11-15(16)17(18)13-6-8-14(20-3)9-7-13/h5-11,17-18H,4H2,1-3H3. The quantitative estimate of drug-likeness (QED) is 0.836. The van der Waals surface area contributed by atoms with E-state index in [0.29, 0.717) is 6.61 Å². The van der Waals surface area contributed by atoms with Crippen molar-refractivity contribution in [1.82, 2.24) is 0 Å². The Balaban J connectivity index is 2.35. The minimum atomic E-state index is -0.660. The van der Waals surface area contributed by atoms with Crippen molar-refractivity contribution < 1.29 is 9.84 Å². The van der Waals surface area contributed by atoms with E-state index < -0.39 is 6.10 Å². The van der Waals surface area contributed by atoms with Gasteiger partial charge in [-0.3, -0.25) is 0 Å². The molecule has 0 fully saturated rings. The fourth-order valence-electron chi connectivity index (χ4n) is 2.13. The highest BCUT2D eigenvalue weighted by Crippen LogP contribution is 2.31. The third kappa shape index (κ3) is 3.35. The molecule has 0 heterocycles. The molecule has 2 aromatic carbocycles. The van der Waals surface area contributed by atoms with E-state index in [9.17, 15) is 5.11 Å². The van der Waals surface area contributed by atoms with E-state index in [1.807, 2.05) is 62.6 Å². The van der Waals surface area contributed by atoms with Crippen molar-refractivity contribution in [3.05, 3.63) is 59.2 Å². The number of hydrogen-bond acceptors (Lipinski definition) is 3. The van der Waals surface area contributed by atoms with Gasteiger partial charge in [0.25, 0.3) is 0 Å². The summed E-state index contributed by atoms with van der Waals surface area (Å²) in [4.78, 5) is 1.19. The van der Waals surface area contributed by atoms with Crippen molar-refractivity contribution in [3.63, 3.8) is 0 Å². The van der Waals surface area contributed by atoms with Crippen LogP contribution in [-0.2, 0) is 0 Å². The summed E-state index contributed by atoms with van der Waals surface area (Å²) in [5, 5.41) is 10.6. The van der Waals surface area contributed by atoms with Crippen LogP contribution in [0.5, 0.6) is 5.75 Å². The maximum Gasteiger partial charge on any atom is 0.125 e. The number of ether oxygens (including phenoxy) is 1. The minimum absolute atomic E-state index is 0.591. The van der Waals surface area contributed by atoms with Gasteiger partial charge < -0.3 is 9.84 Å². The highest BCUT2D eigenvalue weighted by Gasteiger charge is 2.15. The molecule has 0 amide bonds. The van der Waals surface area contributed by atoms with Crippen LogP contribution in [0.25, 0.3) is 0 Å². The molecular formula is C17H20O2S. The molecule has 3 heteroatoms. The average Bonchev–Trinajstić information content (AvgIpc) is 2.48. The average molecular weight is 288 g/mol. The predicted octanol–water partition coefficient (Wildman–Crippen LogP) is 4.20. The molecule has 2 aromatic rings. The summed E-state index contributed by atoms with van der Waals surface area (Å²) in [6.07, 6.45) is 1.38. The summed E-state index contributed by atoms with van der Waals surface area (Å²) in [6, 6.07) is 13.9. The van der Waals surface area contributed by atoms with Crippen molar-refractivity contribution in [3.8, 4) is 5.75 Å². The first kappa shape index (κ1) is 14.9. The summed E-state index contributed by atoms with van der Waals surface area (Å²) in [7, 11) is 0. The van der Waals surface area contributed by atoms with Crippen molar-refractivity contribution in [2.75, 3.05) is 12.9 Å². The molecule has 0 spiro atoms. The largest absolute Gasteiger partial charge is 0.493 e. The fourth-order valence-corrected chi connectivity index (χ4v) is 2.54. The van der Waals surface area contributed by atoms with Crippen LogP contribution in [0.15, 0.2) is 47.4 Å². The van der Waals surface area contributed by atoms with Gasteiger partial charge in [-0.1, -0.05) is 23.8 Å². The van der Waals surface area contributed by atoms with E-state index in [0.717, 1.165) is 22.4 Å². The first-order chi connectivity index (χ1) is 9.65. The molecule has 0 aliphatic heterocycles. The number of thioether (sulfide) groups is 1. The van der Waals surface area contributed by atoms with E-state index in [4.69, 9.17) is 4.74 Å². The lowest BCUT2D eigenvalue weighted by Crippen LogP contribution is -2.04. The first-order valence-electron chi connectivity index (χ1n) is 6.71. The molecule has 1 atom stereocenters. The van der Waals surface area contributed by atoms with E-state index in [2.05, 4.69) is 0 Å². The summed E-state index contributed by atoms with van der Waals surface area (Å²) in [5.41, 5.74) is 2.82. The molecule has 2 nitrogen and oxygen atoms in total. The van der Waals surface area contributed by atoms with Crippen LogP contribution in [0.3, 0.4) is 0 Å². The van der Waals surface area contributed by atoms with E-state index in [-0.39, 0.29) is 0 Å². The molecule has 2 rings (SSSR count). The molecule has 106 valence electrons. The smallest absolute Gasteiger partial charge is 0.125 e. The van der Waals surface area contributed by atoms with Gasteiger partial charge in [0.1, 0.15) is 11.9 Å². The maximum atomic E-state index is 10.6. The highest BCUT2D eigenvalue weighted by molar-refractivity contribution is 7.98. The second-order valence-electron chi connectivity index (χ2n) is 4.65. The maximum absolute atomic E-state index is 10.6. The van der Waals surface area contributed by atoms with Gasteiger partial charge in [0, 0.05) is 10.5 Å². The van der Waals surface area contributed by atoms with Crippen molar-refractivity contribution in [2.45, 2.75) is 24.8 Å².